The molecule has 10 nitrogen and oxygen atoms in total. The predicted molar refractivity (Wildman–Crippen MR) is 174 cm³/mol. The number of rotatable bonds is 14. The molecule has 3 atom stereocenters. The maximum absolute atomic E-state index is 12.5. The maximum Gasteiger partial charge on any atom is 0.243 e. The lowest BCUT2D eigenvalue weighted by molar-refractivity contribution is -0.253. The summed E-state index contributed by atoms with van der Waals surface area (Å²) in [6, 6.07) is 22.1. The van der Waals surface area contributed by atoms with Gasteiger partial charge in [0, 0.05) is 50.1 Å². The second kappa shape index (κ2) is 16.6. The number of anilines is 1. The highest BCUT2D eigenvalue weighted by Crippen LogP contribution is 2.39. The van der Waals surface area contributed by atoms with Gasteiger partial charge in [-0.1, -0.05) is 55.3 Å². The van der Waals surface area contributed by atoms with Gasteiger partial charge in [-0.2, -0.15) is 0 Å². The van der Waals surface area contributed by atoms with Gasteiger partial charge in [0.1, 0.15) is 0 Å². The lowest BCUT2D eigenvalue weighted by Crippen LogP contribution is -2.41. The fraction of sp³-hybridized carbons (Fsp3) is 0.444. The third-order valence-electron chi connectivity index (χ3n) is 8.66. The van der Waals surface area contributed by atoms with Crippen LogP contribution in [0.15, 0.2) is 66.7 Å². The highest BCUT2D eigenvalue weighted by Gasteiger charge is 2.34. The number of carbonyl (C=O) groups excluding carboxylic acids is 2. The number of carbonyl (C=O) groups is 2. The van der Waals surface area contributed by atoms with Crippen molar-refractivity contribution >= 4 is 17.5 Å². The van der Waals surface area contributed by atoms with Gasteiger partial charge in [0.15, 0.2) is 17.8 Å². The van der Waals surface area contributed by atoms with E-state index in [-0.39, 0.29) is 30.4 Å². The minimum atomic E-state index is -0.539. The van der Waals surface area contributed by atoms with Crippen LogP contribution in [-0.2, 0) is 32.0 Å². The van der Waals surface area contributed by atoms with Gasteiger partial charge in [-0.15, -0.1) is 0 Å². The Labute approximate surface area is 270 Å². The Balaban J connectivity index is 1.19. The van der Waals surface area contributed by atoms with Crippen LogP contribution in [0.3, 0.4) is 0 Å². The molecule has 0 saturated carbocycles. The molecule has 0 aliphatic carbocycles. The zero-order chi connectivity index (χ0) is 32.3. The van der Waals surface area contributed by atoms with Crippen molar-refractivity contribution in [3.63, 3.8) is 0 Å². The average Bonchev–Trinajstić information content (AvgIpc) is 3.09. The highest BCUT2D eigenvalue weighted by atomic mass is 16.7. The van der Waals surface area contributed by atoms with Gasteiger partial charge in [0.25, 0.3) is 0 Å². The molecule has 5 rings (SSSR count). The molecular formula is C36H45N3O7. The molecule has 2 aliphatic rings. The van der Waals surface area contributed by atoms with Crippen LogP contribution >= 0.6 is 0 Å². The number of nitrogens with zero attached hydrogens (tertiary/aromatic N) is 1. The molecule has 0 spiro atoms. The third kappa shape index (κ3) is 9.07. The molecule has 3 unspecified atom stereocenters. The minimum Gasteiger partial charge on any atom is -0.493 e. The molecule has 1 fully saturated rings. The van der Waals surface area contributed by atoms with Gasteiger partial charge >= 0.3 is 0 Å². The van der Waals surface area contributed by atoms with Crippen LogP contribution in [0.4, 0.5) is 5.69 Å². The number of ether oxygens (including phenoxy) is 4. The predicted octanol–water partition coefficient (Wildman–Crippen LogP) is 6.09. The van der Waals surface area contributed by atoms with Gasteiger partial charge in [-0.05, 0) is 60.2 Å². The quantitative estimate of drug-likeness (QED) is 0.111. The standard InChI is InChI=1S/C36H45N3O7/c1-43-32-20-27-18-19-39(23-28(27)21-33(32)44-2)24-30-22-31(25-10-6-5-7-11-25)46-36(45-30)26-14-16-29(17-15-26)37-34(40)12-8-3-4-9-13-35(41)38-42/h5-7,10-11,14-17,20-21,30-31,36,42H,3-4,8-9,12-13,18-19,22-24H2,1-2H3,(H,37,40)(H,38,41). The second-order valence-corrected chi connectivity index (χ2v) is 11.9. The Morgan fingerprint density at radius 1 is 0.848 bits per heavy atom. The normalized spacial score (nSPS) is 19.6. The molecule has 3 aromatic carbocycles. The number of hydroxylamine groups is 1. The Hall–Kier alpha value is -3.96. The SMILES string of the molecule is COc1cc2c(cc1OC)CN(CC1CC(c3ccccc3)OC(c3ccc(NC(=O)CCCCCCC(=O)NO)cc3)O1)CC2. The third-order valence-corrected chi connectivity index (χ3v) is 8.66. The summed E-state index contributed by atoms with van der Waals surface area (Å²) in [6.45, 7) is 2.52. The second-order valence-electron chi connectivity index (χ2n) is 11.9. The van der Waals surface area contributed by atoms with E-state index in [1.165, 1.54) is 11.1 Å². The molecule has 3 aromatic rings. The monoisotopic (exact) mass is 631 g/mol. The summed E-state index contributed by atoms with van der Waals surface area (Å²) in [5.74, 6) is 1.08. The number of fused-ring (bicyclic) bond motifs is 1. The Morgan fingerprint density at radius 2 is 1.52 bits per heavy atom. The molecule has 246 valence electrons. The first-order valence-electron chi connectivity index (χ1n) is 16.1. The van der Waals surface area contributed by atoms with E-state index in [1.54, 1.807) is 19.7 Å². The first-order valence-corrected chi connectivity index (χ1v) is 16.1. The van der Waals surface area contributed by atoms with E-state index in [1.807, 2.05) is 42.5 Å². The van der Waals surface area contributed by atoms with Crippen molar-refractivity contribution in [2.24, 2.45) is 0 Å². The maximum atomic E-state index is 12.5. The van der Waals surface area contributed by atoms with Crippen LogP contribution < -0.4 is 20.3 Å². The van der Waals surface area contributed by atoms with Crippen molar-refractivity contribution < 1.29 is 33.7 Å². The molecule has 10 heteroatoms. The Morgan fingerprint density at radius 3 is 2.20 bits per heavy atom. The van der Waals surface area contributed by atoms with E-state index >= 15 is 0 Å². The topological polar surface area (TPSA) is 119 Å². The fourth-order valence-corrected chi connectivity index (χ4v) is 6.18. The molecule has 3 N–H and O–H groups in total. The molecule has 0 radical (unpaired) electrons. The van der Waals surface area contributed by atoms with Gasteiger partial charge in [0.05, 0.1) is 26.4 Å². The number of amides is 2. The zero-order valence-corrected chi connectivity index (χ0v) is 26.7. The number of benzene rings is 3. The molecular weight excluding hydrogens is 586 g/mol. The summed E-state index contributed by atoms with van der Waals surface area (Å²) in [7, 11) is 3.34. The first-order chi connectivity index (χ1) is 22.4. The lowest BCUT2D eigenvalue weighted by atomic mass is 9.97. The largest absolute Gasteiger partial charge is 0.493 e. The van der Waals surface area contributed by atoms with E-state index in [2.05, 4.69) is 34.5 Å². The van der Waals surface area contributed by atoms with Crippen molar-refractivity contribution in [2.45, 2.75) is 76.4 Å². The fourth-order valence-electron chi connectivity index (χ4n) is 6.18. The number of unbranched alkanes of at least 4 members (excludes halogenated alkanes) is 3. The Kier molecular flexibility index (Phi) is 12.0. The highest BCUT2D eigenvalue weighted by molar-refractivity contribution is 5.90. The molecule has 1 saturated heterocycles. The number of methoxy groups -OCH3 is 2. The summed E-state index contributed by atoms with van der Waals surface area (Å²) >= 11 is 0. The van der Waals surface area contributed by atoms with E-state index in [0.29, 0.717) is 12.8 Å². The van der Waals surface area contributed by atoms with E-state index < -0.39 is 6.29 Å². The van der Waals surface area contributed by atoms with Crippen LogP contribution in [0.5, 0.6) is 11.5 Å². The molecule has 0 aromatic heterocycles. The number of hydrogen-bond acceptors (Lipinski definition) is 8. The van der Waals surface area contributed by atoms with Crippen molar-refractivity contribution in [3.05, 3.63) is 89.0 Å². The van der Waals surface area contributed by atoms with Crippen molar-refractivity contribution in [3.8, 4) is 11.5 Å². The smallest absolute Gasteiger partial charge is 0.243 e. The molecule has 2 aliphatic heterocycles. The van der Waals surface area contributed by atoms with Crippen LogP contribution in [-0.4, -0.2) is 55.3 Å². The van der Waals surface area contributed by atoms with Crippen LogP contribution in [0.25, 0.3) is 0 Å². The van der Waals surface area contributed by atoms with Gasteiger partial charge in [-0.3, -0.25) is 19.7 Å². The number of nitrogens with one attached hydrogen (secondary N) is 2. The number of hydrogen-bond donors (Lipinski definition) is 3. The van der Waals surface area contributed by atoms with Crippen molar-refractivity contribution in [2.75, 3.05) is 32.6 Å². The summed E-state index contributed by atoms with van der Waals surface area (Å²) in [6.07, 6.45) is 4.79. The van der Waals surface area contributed by atoms with Crippen LogP contribution in [0.2, 0.25) is 0 Å². The summed E-state index contributed by atoms with van der Waals surface area (Å²) < 4.78 is 24.2. The van der Waals surface area contributed by atoms with Gasteiger partial charge < -0.3 is 24.3 Å². The molecule has 2 heterocycles. The average molecular weight is 632 g/mol. The summed E-state index contributed by atoms with van der Waals surface area (Å²) in [4.78, 5) is 26.0. The van der Waals surface area contributed by atoms with Crippen LogP contribution in [0.1, 0.15) is 79.6 Å². The lowest BCUT2D eigenvalue weighted by Gasteiger charge is -2.39. The molecule has 0 bridgehead atoms. The molecule has 2 amide bonds. The van der Waals surface area contributed by atoms with Crippen LogP contribution in [0, 0.1) is 0 Å². The van der Waals surface area contributed by atoms with E-state index in [4.69, 9.17) is 24.2 Å². The Bertz CT molecular complexity index is 1430. The summed E-state index contributed by atoms with van der Waals surface area (Å²) in [5, 5.41) is 11.5. The van der Waals surface area contributed by atoms with Gasteiger partial charge in [0.2, 0.25) is 11.8 Å². The first kappa shape index (κ1) is 33.4. The van der Waals surface area contributed by atoms with Crippen molar-refractivity contribution in [1.29, 1.82) is 0 Å². The van der Waals surface area contributed by atoms with Crippen molar-refractivity contribution in [1.82, 2.24) is 10.4 Å². The zero-order valence-electron chi connectivity index (χ0n) is 26.7. The van der Waals surface area contributed by atoms with E-state index in [9.17, 15) is 9.59 Å². The van der Waals surface area contributed by atoms with Gasteiger partial charge in [-0.25, -0.2) is 5.48 Å². The molecule has 46 heavy (non-hydrogen) atoms. The summed E-state index contributed by atoms with van der Waals surface area (Å²) in [5.41, 5.74) is 6.92. The van der Waals surface area contributed by atoms with E-state index in [0.717, 1.165) is 80.1 Å². The minimum absolute atomic E-state index is 0.0388.